The molecule has 0 saturated heterocycles. The van der Waals surface area contributed by atoms with Crippen LogP contribution in [-0.4, -0.2) is 28.0 Å². The average Bonchev–Trinajstić information content (AvgIpc) is 3.20. The maximum Gasteiger partial charge on any atom is 0.250 e. The van der Waals surface area contributed by atoms with Crippen LogP contribution in [0.4, 0.5) is 0 Å². The molecule has 3 aromatic rings. The summed E-state index contributed by atoms with van der Waals surface area (Å²) in [5, 5.41) is 4.33. The number of sulfone groups is 1. The Hall–Kier alpha value is -2.38. The quantitative estimate of drug-likeness (QED) is 0.500. The molecule has 0 saturated carbocycles. The summed E-state index contributed by atoms with van der Waals surface area (Å²) in [5.41, 5.74) is 2.18. The lowest BCUT2D eigenvalue weighted by Gasteiger charge is -2.14. The highest BCUT2D eigenvalue weighted by Crippen LogP contribution is 2.32. The normalized spacial score (nSPS) is 11.9. The molecule has 0 fully saturated rings. The van der Waals surface area contributed by atoms with Crippen molar-refractivity contribution in [3.05, 3.63) is 64.3 Å². The monoisotopic (exact) mass is 447 g/mol. The van der Waals surface area contributed by atoms with Crippen molar-refractivity contribution in [2.45, 2.75) is 56.7 Å². The minimum Gasteiger partial charge on any atom is -0.313 e. The summed E-state index contributed by atoms with van der Waals surface area (Å²) in [6.45, 7) is 6.40. The molecule has 0 N–H and O–H groups in total. The topological polar surface area (TPSA) is 74.0 Å². The molecule has 0 unspecified atom stereocenters. The van der Waals surface area contributed by atoms with Crippen molar-refractivity contribution in [1.29, 1.82) is 0 Å². The highest BCUT2D eigenvalue weighted by atomic mass is 35.5. The Balaban J connectivity index is 1.95. The van der Waals surface area contributed by atoms with E-state index < -0.39 is 15.1 Å². The molecule has 0 amide bonds. The van der Waals surface area contributed by atoms with Gasteiger partial charge in [-0.1, -0.05) is 38.4 Å². The Morgan fingerprint density at radius 1 is 1.07 bits per heavy atom. The molecule has 1 aromatic carbocycles. The molecule has 0 aliphatic carbocycles. The molecule has 3 rings (SSSR count). The van der Waals surface area contributed by atoms with E-state index >= 15 is 0 Å². The molecule has 0 radical (unpaired) electrons. The maximum absolute atomic E-state index is 12.8. The third-order valence-corrected chi connectivity index (χ3v) is 7.98. The van der Waals surface area contributed by atoms with Crippen molar-refractivity contribution < 1.29 is 8.42 Å². The Morgan fingerprint density at radius 3 is 2.43 bits per heavy atom. The first-order valence-electron chi connectivity index (χ1n) is 10.1. The van der Waals surface area contributed by atoms with E-state index in [1.807, 2.05) is 27.0 Å². The van der Waals surface area contributed by atoms with Gasteiger partial charge < -0.3 is 4.57 Å². The maximum atomic E-state index is 12.8. The second-order valence-electron chi connectivity index (χ2n) is 7.22. The van der Waals surface area contributed by atoms with Crippen LogP contribution in [-0.2, 0) is 16.4 Å². The van der Waals surface area contributed by atoms with Crippen LogP contribution < -0.4 is 5.56 Å². The molecule has 8 heteroatoms. The number of rotatable bonds is 8. The number of aromatic nitrogens is 3. The van der Waals surface area contributed by atoms with Gasteiger partial charge in [0.15, 0.2) is 9.84 Å². The zero-order valence-electron chi connectivity index (χ0n) is 17.4. The first-order valence-corrected chi connectivity index (χ1v) is 12.0. The number of nitrogens with zero attached hydrogens (tertiary/aromatic N) is 3. The van der Waals surface area contributed by atoms with Crippen molar-refractivity contribution in [2.75, 3.05) is 0 Å². The van der Waals surface area contributed by atoms with Crippen molar-refractivity contribution in [3.63, 3.8) is 0 Å². The molecule has 0 aliphatic heterocycles. The smallest absolute Gasteiger partial charge is 0.250 e. The van der Waals surface area contributed by atoms with Crippen LogP contribution in [0.15, 0.2) is 58.6 Å². The van der Waals surface area contributed by atoms with Crippen LogP contribution >= 0.6 is 11.6 Å². The van der Waals surface area contributed by atoms with Gasteiger partial charge in [0.25, 0.3) is 5.56 Å². The molecule has 0 atom stereocenters. The summed E-state index contributed by atoms with van der Waals surface area (Å²) in [4.78, 5) is 12.2. The van der Waals surface area contributed by atoms with E-state index in [0.717, 1.165) is 17.7 Å². The Bertz CT molecular complexity index is 1190. The summed E-state index contributed by atoms with van der Waals surface area (Å²) in [7, 11) is -3.41. The Morgan fingerprint density at radius 2 is 1.80 bits per heavy atom. The lowest BCUT2D eigenvalue weighted by atomic mass is 10.1. The molecule has 2 heterocycles. The molecule has 30 heavy (non-hydrogen) atoms. The van der Waals surface area contributed by atoms with E-state index in [1.54, 1.807) is 39.8 Å². The number of halogens is 1. The van der Waals surface area contributed by atoms with Gasteiger partial charge in [0, 0.05) is 41.2 Å². The molecule has 6 nitrogen and oxygen atoms in total. The van der Waals surface area contributed by atoms with E-state index in [9.17, 15) is 13.2 Å². The molecule has 0 aliphatic rings. The fourth-order valence-electron chi connectivity index (χ4n) is 3.50. The fourth-order valence-corrected chi connectivity index (χ4v) is 5.66. The van der Waals surface area contributed by atoms with Crippen LogP contribution in [0, 0.1) is 0 Å². The Labute approximate surface area is 182 Å². The standard InChI is InChI=1S/C22H26ClN3O3S/c1-4-11-25-15-17(7-10-22(25)27)26-14-16(13-24-26)20-9-8-19(12-21(20)23)30(28,29)18(5-2)6-3/h7-10,12-15,18H,4-6,11H2,1-3H3. The van der Waals surface area contributed by atoms with Gasteiger partial charge in [0.05, 0.1) is 22.0 Å². The highest BCUT2D eigenvalue weighted by Gasteiger charge is 2.25. The summed E-state index contributed by atoms with van der Waals surface area (Å²) in [5.74, 6) is 0. The third-order valence-electron chi connectivity index (χ3n) is 5.21. The molecular formula is C22H26ClN3O3S. The minimum atomic E-state index is -3.41. The van der Waals surface area contributed by atoms with Crippen LogP contribution in [0.2, 0.25) is 5.02 Å². The van der Waals surface area contributed by atoms with E-state index in [2.05, 4.69) is 5.10 Å². The van der Waals surface area contributed by atoms with Crippen LogP contribution in [0.3, 0.4) is 0 Å². The van der Waals surface area contributed by atoms with Gasteiger partial charge in [0.1, 0.15) is 0 Å². The summed E-state index contributed by atoms with van der Waals surface area (Å²) < 4.78 is 28.9. The molecule has 0 spiro atoms. The first kappa shape index (κ1) is 22.3. The molecule has 2 aromatic heterocycles. The number of benzene rings is 1. The minimum absolute atomic E-state index is 0.0507. The predicted octanol–water partition coefficient (Wildman–Crippen LogP) is 4.73. The van der Waals surface area contributed by atoms with Gasteiger partial charge in [-0.15, -0.1) is 0 Å². The third kappa shape index (κ3) is 4.37. The van der Waals surface area contributed by atoms with Gasteiger partial charge in [0.2, 0.25) is 0 Å². The van der Waals surface area contributed by atoms with E-state index in [-0.39, 0.29) is 10.5 Å². The van der Waals surface area contributed by atoms with Gasteiger partial charge in [-0.2, -0.15) is 5.10 Å². The average molecular weight is 448 g/mol. The van der Waals surface area contributed by atoms with Crippen LogP contribution in [0.25, 0.3) is 16.8 Å². The number of hydrogen-bond donors (Lipinski definition) is 0. The summed E-state index contributed by atoms with van der Waals surface area (Å²) >= 11 is 6.46. The molecular weight excluding hydrogens is 422 g/mol. The predicted molar refractivity (Wildman–Crippen MR) is 120 cm³/mol. The van der Waals surface area contributed by atoms with Gasteiger partial charge in [-0.3, -0.25) is 4.79 Å². The van der Waals surface area contributed by atoms with E-state index in [4.69, 9.17) is 11.6 Å². The fraction of sp³-hybridized carbons (Fsp3) is 0.364. The summed E-state index contributed by atoms with van der Waals surface area (Å²) in [6, 6.07) is 8.09. The SMILES string of the molecule is CCCn1cc(-n2cc(-c3ccc(S(=O)(=O)C(CC)CC)cc3Cl)cn2)ccc1=O. The van der Waals surface area contributed by atoms with Crippen molar-refractivity contribution in [3.8, 4) is 16.8 Å². The second-order valence-corrected chi connectivity index (χ2v) is 9.85. The molecule has 0 bridgehead atoms. The van der Waals surface area contributed by atoms with Crippen molar-refractivity contribution in [2.24, 2.45) is 0 Å². The van der Waals surface area contributed by atoms with Gasteiger partial charge in [-0.05, 0) is 37.5 Å². The van der Waals surface area contributed by atoms with E-state index in [1.165, 1.54) is 12.1 Å². The number of hydrogen-bond acceptors (Lipinski definition) is 4. The van der Waals surface area contributed by atoms with Crippen LogP contribution in [0.5, 0.6) is 0 Å². The van der Waals surface area contributed by atoms with E-state index in [0.29, 0.717) is 30.0 Å². The lowest BCUT2D eigenvalue weighted by molar-refractivity contribution is 0.571. The zero-order valence-corrected chi connectivity index (χ0v) is 18.9. The van der Waals surface area contributed by atoms with Gasteiger partial charge >= 0.3 is 0 Å². The number of aryl methyl sites for hydroxylation is 1. The highest BCUT2D eigenvalue weighted by molar-refractivity contribution is 7.92. The number of pyridine rings is 1. The van der Waals surface area contributed by atoms with Gasteiger partial charge in [-0.25, -0.2) is 13.1 Å². The Kier molecular flexibility index (Phi) is 6.83. The lowest BCUT2D eigenvalue weighted by Crippen LogP contribution is -2.19. The zero-order chi connectivity index (χ0) is 21.9. The van der Waals surface area contributed by atoms with Crippen LogP contribution in [0.1, 0.15) is 40.0 Å². The largest absolute Gasteiger partial charge is 0.313 e. The van der Waals surface area contributed by atoms with Crippen molar-refractivity contribution >= 4 is 21.4 Å². The molecule has 160 valence electrons. The second kappa shape index (κ2) is 9.18. The van der Waals surface area contributed by atoms with Crippen molar-refractivity contribution in [1.82, 2.24) is 14.3 Å². The first-order chi connectivity index (χ1) is 14.3. The summed E-state index contributed by atoms with van der Waals surface area (Å²) in [6.07, 6.45) is 7.24.